The molecular formula is C14H19N3Na2O6. The van der Waals surface area contributed by atoms with Gasteiger partial charge in [0.15, 0.2) is 5.69 Å². The number of carbonyl (C=O) groups is 2. The van der Waals surface area contributed by atoms with Crippen molar-refractivity contribution < 1.29 is 88.3 Å². The van der Waals surface area contributed by atoms with Crippen molar-refractivity contribution in [2.45, 2.75) is 26.2 Å². The largest absolute Gasteiger partial charge is 1.00 e. The Morgan fingerprint density at radius 2 is 1.92 bits per heavy atom. The molecule has 0 aromatic carbocycles. The summed E-state index contributed by atoms with van der Waals surface area (Å²) in [4.78, 5) is 20.1. The number of carbonyl (C=O) groups excluding carboxylic acids is 2. The van der Waals surface area contributed by atoms with Gasteiger partial charge in [-0.25, -0.2) is 4.63 Å². The SMILES string of the molecule is CCCCOc1nonc1C1=CCCN(C)C1.O=C([O-])C(=O)[O-].[Na+].[Na+]. The van der Waals surface area contributed by atoms with Crippen LogP contribution in [0, 0.1) is 0 Å². The minimum absolute atomic E-state index is 0. The number of unbranched alkanes of at least 4 members (excludes halogenated alkanes) is 1. The number of hydrogen-bond acceptors (Lipinski definition) is 9. The topological polar surface area (TPSA) is 132 Å². The second-order valence-electron chi connectivity index (χ2n) is 4.95. The Balaban J connectivity index is 0. The maximum Gasteiger partial charge on any atom is 1.00 e. The van der Waals surface area contributed by atoms with Crippen molar-refractivity contribution in [3.8, 4) is 5.88 Å². The minimum atomic E-state index is -2.19. The molecule has 0 saturated heterocycles. The van der Waals surface area contributed by atoms with Crippen LogP contribution in [0.1, 0.15) is 31.9 Å². The Morgan fingerprint density at radius 1 is 1.28 bits per heavy atom. The van der Waals surface area contributed by atoms with E-state index in [1.807, 2.05) is 0 Å². The third-order valence-corrected chi connectivity index (χ3v) is 3.01. The smallest absolute Gasteiger partial charge is 0.543 e. The van der Waals surface area contributed by atoms with E-state index in [4.69, 9.17) is 29.2 Å². The number of carboxylic acid groups (broad SMARTS) is 2. The molecule has 0 aliphatic carbocycles. The summed E-state index contributed by atoms with van der Waals surface area (Å²) < 4.78 is 10.4. The standard InChI is InChI=1S/C12H19N3O2.C2H2O4.2Na/c1-3-4-8-16-12-11(13-17-14-12)10-6-5-7-15(2)9-10;3-1(4)2(5)6;;/h6H,3-5,7-9H2,1-2H3;(H,3,4)(H,5,6);;/q;;2*+1/p-2. The van der Waals surface area contributed by atoms with Crippen LogP contribution in [0.3, 0.4) is 0 Å². The molecule has 0 atom stereocenters. The van der Waals surface area contributed by atoms with E-state index in [1.54, 1.807) is 0 Å². The van der Waals surface area contributed by atoms with E-state index < -0.39 is 11.9 Å². The molecule has 2 rings (SSSR count). The van der Waals surface area contributed by atoms with E-state index in [1.165, 1.54) is 0 Å². The molecule has 0 amide bonds. The summed E-state index contributed by atoms with van der Waals surface area (Å²) in [6.45, 7) is 4.75. The molecule has 0 unspecified atom stereocenters. The fourth-order valence-corrected chi connectivity index (χ4v) is 1.85. The second kappa shape index (κ2) is 14.7. The first-order valence-electron chi connectivity index (χ1n) is 7.21. The molecule has 2 heterocycles. The molecular weight excluding hydrogens is 352 g/mol. The van der Waals surface area contributed by atoms with Gasteiger partial charge in [0.05, 0.1) is 18.5 Å². The van der Waals surface area contributed by atoms with Gasteiger partial charge in [-0.2, -0.15) is 0 Å². The summed E-state index contributed by atoms with van der Waals surface area (Å²) in [6, 6.07) is 0. The number of aliphatic carboxylic acids is 2. The van der Waals surface area contributed by atoms with E-state index in [-0.39, 0.29) is 59.1 Å². The molecule has 1 aromatic heterocycles. The fourth-order valence-electron chi connectivity index (χ4n) is 1.85. The van der Waals surface area contributed by atoms with Crippen molar-refractivity contribution in [2.75, 3.05) is 26.7 Å². The number of ether oxygens (including phenoxy) is 1. The molecule has 0 saturated carbocycles. The maximum absolute atomic E-state index is 8.93. The number of carboxylic acids is 2. The van der Waals surface area contributed by atoms with Gasteiger partial charge < -0.3 is 29.4 Å². The van der Waals surface area contributed by atoms with Gasteiger partial charge in [-0.1, -0.05) is 19.4 Å². The van der Waals surface area contributed by atoms with Crippen LogP contribution in [-0.2, 0) is 9.59 Å². The Bertz CT molecular complexity index is 553. The van der Waals surface area contributed by atoms with Crippen molar-refractivity contribution in [2.24, 2.45) is 0 Å². The van der Waals surface area contributed by atoms with Gasteiger partial charge in [0, 0.05) is 13.1 Å². The summed E-state index contributed by atoms with van der Waals surface area (Å²) in [7, 11) is 2.10. The summed E-state index contributed by atoms with van der Waals surface area (Å²) >= 11 is 0. The monoisotopic (exact) mass is 371 g/mol. The van der Waals surface area contributed by atoms with Crippen LogP contribution in [-0.4, -0.2) is 53.9 Å². The molecule has 25 heavy (non-hydrogen) atoms. The van der Waals surface area contributed by atoms with Gasteiger partial charge in [0.25, 0.3) is 5.88 Å². The van der Waals surface area contributed by atoms with Crippen molar-refractivity contribution in [1.29, 1.82) is 0 Å². The quantitative estimate of drug-likeness (QED) is 0.281. The average molecular weight is 371 g/mol. The molecule has 0 radical (unpaired) electrons. The van der Waals surface area contributed by atoms with Gasteiger partial charge in [-0.3, -0.25) is 0 Å². The van der Waals surface area contributed by atoms with E-state index in [2.05, 4.69) is 35.3 Å². The van der Waals surface area contributed by atoms with Gasteiger partial charge in [0.2, 0.25) is 0 Å². The first-order valence-corrected chi connectivity index (χ1v) is 7.21. The van der Waals surface area contributed by atoms with Gasteiger partial charge in [0.1, 0.15) is 0 Å². The van der Waals surface area contributed by atoms with Crippen molar-refractivity contribution >= 4 is 17.5 Å². The van der Waals surface area contributed by atoms with Gasteiger partial charge >= 0.3 is 59.1 Å². The normalized spacial score (nSPS) is 13.3. The van der Waals surface area contributed by atoms with Crippen molar-refractivity contribution in [1.82, 2.24) is 15.2 Å². The first kappa shape index (κ1) is 26.8. The van der Waals surface area contributed by atoms with E-state index in [0.717, 1.165) is 43.6 Å². The van der Waals surface area contributed by atoms with E-state index >= 15 is 0 Å². The molecule has 9 nitrogen and oxygen atoms in total. The number of hydrogen-bond donors (Lipinski definition) is 0. The number of aromatic nitrogens is 2. The molecule has 0 N–H and O–H groups in total. The summed E-state index contributed by atoms with van der Waals surface area (Å²) in [5.74, 6) is -3.84. The number of rotatable bonds is 5. The van der Waals surface area contributed by atoms with Crippen LogP contribution in [0.4, 0.5) is 0 Å². The predicted octanol–water partition coefficient (Wildman–Crippen LogP) is -7.54. The Labute approximate surface area is 190 Å². The zero-order chi connectivity index (χ0) is 17.2. The zero-order valence-corrected chi connectivity index (χ0v) is 19.1. The minimum Gasteiger partial charge on any atom is -0.543 e. The van der Waals surface area contributed by atoms with Crippen molar-refractivity contribution in [3.63, 3.8) is 0 Å². The molecule has 11 heteroatoms. The predicted molar refractivity (Wildman–Crippen MR) is 74.8 cm³/mol. The van der Waals surface area contributed by atoms with Crippen LogP contribution in [0.15, 0.2) is 10.7 Å². The van der Waals surface area contributed by atoms with Crippen LogP contribution in [0.25, 0.3) is 5.57 Å². The molecule has 0 spiro atoms. The Hall–Kier alpha value is -0.420. The van der Waals surface area contributed by atoms with Crippen LogP contribution in [0.2, 0.25) is 0 Å². The van der Waals surface area contributed by atoms with Crippen LogP contribution >= 0.6 is 0 Å². The fraction of sp³-hybridized carbons (Fsp3) is 0.571. The molecule has 0 fully saturated rings. The van der Waals surface area contributed by atoms with E-state index in [0.29, 0.717) is 12.5 Å². The molecule has 1 aliphatic rings. The molecule has 0 bridgehead atoms. The van der Waals surface area contributed by atoms with E-state index in [9.17, 15) is 0 Å². The molecule has 1 aliphatic heterocycles. The molecule has 1 aromatic rings. The Morgan fingerprint density at radius 3 is 2.44 bits per heavy atom. The van der Waals surface area contributed by atoms with Gasteiger partial charge in [-0.05, 0) is 35.8 Å². The Kier molecular flexibility index (Phi) is 15.8. The maximum atomic E-state index is 8.93. The third-order valence-electron chi connectivity index (χ3n) is 3.01. The number of nitrogens with zero attached hydrogens (tertiary/aromatic N) is 3. The third kappa shape index (κ3) is 10.3. The van der Waals surface area contributed by atoms with Crippen LogP contribution < -0.4 is 74.1 Å². The second-order valence-corrected chi connectivity index (χ2v) is 4.95. The average Bonchev–Trinajstić information content (AvgIpc) is 2.96. The number of likely N-dealkylation sites (N-methyl/N-ethyl adjacent to an activating group) is 1. The zero-order valence-electron chi connectivity index (χ0n) is 15.1. The molecule has 128 valence electrons. The van der Waals surface area contributed by atoms with Crippen LogP contribution in [0.5, 0.6) is 5.88 Å². The summed E-state index contributed by atoms with van der Waals surface area (Å²) in [5, 5.41) is 25.6. The summed E-state index contributed by atoms with van der Waals surface area (Å²) in [6.07, 6.45) is 5.34. The van der Waals surface area contributed by atoms with Gasteiger partial charge in [-0.15, -0.1) is 0 Å². The first-order chi connectivity index (χ1) is 11.0. The van der Waals surface area contributed by atoms with Crippen molar-refractivity contribution in [3.05, 3.63) is 11.8 Å². The summed E-state index contributed by atoms with van der Waals surface area (Å²) in [5.41, 5.74) is 1.90.